The molecule has 0 saturated heterocycles. The van der Waals surface area contributed by atoms with E-state index in [9.17, 15) is 9.90 Å². The predicted octanol–water partition coefficient (Wildman–Crippen LogP) is 1.53. The summed E-state index contributed by atoms with van der Waals surface area (Å²) in [6.45, 7) is 2.22. The zero-order valence-electron chi connectivity index (χ0n) is 12.0. The van der Waals surface area contributed by atoms with Gasteiger partial charge in [-0.25, -0.2) is 0 Å². The van der Waals surface area contributed by atoms with Crippen molar-refractivity contribution in [1.82, 2.24) is 5.32 Å². The molecule has 3 unspecified atom stereocenters. The molecule has 0 aliphatic heterocycles. The van der Waals surface area contributed by atoms with Gasteiger partial charge < -0.3 is 16.2 Å². The fraction of sp³-hybridized carbons (Fsp3) is 0.562. The summed E-state index contributed by atoms with van der Waals surface area (Å²) in [4.78, 5) is 12.3. The molecule has 20 heavy (non-hydrogen) atoms. The van der Waals surface area contributed by atoms with Crippen LogP contribution in [0.15, 0.2) is 30.3 Å². The van der Waals surface area contributed by atoms with Gasteiger partial charge in [-0.05, 0) is 25.3 Å². The van der Waals surface area contributed by atoms with Crippen LogP contribution in [0.25, 0.3) is 0 Å². The van der Waals surface area contributed by atoms with Crippen LogP contribution in [-0.4, -0.2) is 23.7 Å². The van der Waals surface area contributed by atoms with Gasteiger partial charge in [0.2, 0.25) is 5.91 Å². The minimum Gasteiger partial charge on any atom is -0.393 e. The van der Waals surface area contributed by atoms with Crippen molar-refractivity contribution in [2.75, 3.05) is 6.54 Å². The third-order valence-corrected chi connectivity index (χ3v) is 4.24. The highest BCUT2D eigenvalue weighted by atomic mass is 16.3. The Bertz CT molecular complexity index is 445. The van der Waals surface area contributed by atoms with Crippen LogP contribution in [-0.2, 0) is 10.3 Å². The monoisotopic (exact) mass is 276 g/mol. The number of hydrogen-bond acceptors (Lipinski definition) is 3. The van der Waals surface area contributed by atoms with Crippen molar-refractivity contribution in [3.63, 3.8) is 0 Å². The lowest BCUT2D eigenvalue weighted by atomic mass is 9.86. The Morgan fingerprint density at radius 1 is 1.35 bits per heavy atom. The van der Waals surface area contributed by atoms with E-state index >= 15 is 0 Å². The highest BCUT2D eigenvalue weighted by Crippen LogP contribution is 2.24. The summed E-state index contributed by atoms with van der Waals surface area (Å²) in [6, 6.07) is 9.36. The van der Waals surface area contributed by atoms with E-state index in [4.69, 9.17) is 5.73 Å². The van der Waals surface area contributed by atoms with Gasteiger partial charge in [0.25, 0.3) is 0 Å². The van der Waals surface area contributed by atoms with E-state index in [0.717, 1.165) is 31.2 Å². The number of carbonyl (C=O) groups is 1. The maximum absolute atomic E-state index is 12.3. The lowest BCUT2D eigenvalue weighted by molar-refractivity contribution is -0.126. The van der Waals surface area contributed by atoms with Crippen molar-refractivity contribution >= 4 is 5.91 Å². The Morgan fingerprint density at radius 2 is 2.00 bits per heavy atom. The Morgan fingerprint density at radius 3 is 2.65 bits per heavy atom. The molecule has 0 radical (unpaired) electrons. The SMILES string of the molecule is CC(N)(C(=O)NCC1CCCCC1O)c1ccccc1. The summed E-state index contributed by atoms with van der Waals surface area (Å²) in [5.74, 6) is -0.0410. The first-order valence-corrected chi connectivity index (χ1v) is 7.32. The third-order valence-electron chi connectivity index (χ3n) is 4.24. The van der Waals surface area contributed by atoms with Crippen LogP contribution in [0.3, 0.4) is 0 Å². The summed E-state index contributed by atoms with van der Waals surface area (Å²) in [6.07, 6.45) is 3.69. The molecule has 0 spiro atoms. The lowest BCUT2D eigenvalue weighted by Crippen LogP contribution is -2.50. The first kappa shape index (κ1) is 15.0. The zero-order valence-corrected chi connectivity index (χ0v) is 12.0. The van der Waals surface area contributed by atoms with Crippen LogP contribution in [0.1, 0.15) is 38.2 Å². The lowest BCUT2D eigenvalue weighted by Gasteiger charge is -2.30. The maximum Gasteiger partial charge on any atom is 0.244 e. The molecule has 1 aliphatic rings. The molecular weight excluding hydrogens is 252 g/mol. The van der Waals surface area contributed by atoms with Crippen LogP contribution in [0.5, 0.6) is 0 Å². The number of benzene rings is 1. The molecule has 3 atom stereocenters. The molecule has 1 aromatic carbocycles. The number of nitrogens with one attached hydrogen (secondary N) is 1. The van der Waals surface area contributed by atoms with Gasteiger partial charge in [-0.3, -0.25) is 4.79 Å². The van der Waals surface area contributed by atoms with Crippen molar-refractivity contribution in [3.05, 3.63) is 35.9 Å². The molecule has 0 bridgehead atoms. The molecule has 2 rings (SSSR count). The first-order chi connectivity index (χ1) is 9.51. The Labute approximate surface area is 120 Å². The minimum absolute atomic E-state index is 0.152. The van der Waals surface area contributed by atoms with E-state index in [2.05, 4.69) is 5.32 Å². The third kappa shape index (κ3) is 3.38. The van der Waals surface area contributed by atoms with Crippen LogP contribution in [0, 0.1) is 5.92 Å². The zero-order chi connectivity index (χ0) is 14.6. The summed E-state index contributed by atoms with van der Waals surface area (Å²) in [7, 11) is 0. The van der Waals surface area contributed by atoms with E-state index in [-0.39, 0.29) is 17.9 Å². The van der Waals surface area contributed by atoms with Crippen LogP contribution >= 0.6 is 0 Å². The van der Waals surface area contributed by atoms with Gasteiger partial charge in [0.05, 0.1) is 6.10 Å². The van der Waals surface area contributed by atoms with Crippen LogP contribution in [0.4, 0.5) is 0 Å². The molecule has 1 aromatic rings. The van der Waals surface area contributed by atoms with Crippen molar-refractivity contribution in [1.29, 1.82) is 0 Å². The molecule has 4 nitrogen and oxygen atoms in total. The van der Waals surface area contributed by atoms with E-state index in [1.54, 1.807) is 6.92 Å². The second-order valence-electron chi connectivity index (χ2n) is 5.89. The molecule has 1 aliphatic carbocycles. The first-order valence-electron chi connectivity index (χ1n) is 7.32. The van der Waals surface area contributed by atoms with Gasteiger partial charge >= 0.3 is 0 Å². The maximum atomic E-state index is 12.3. The van der Waals surface area contributed by atoms with Gasteiger partial charge in [-0.2, -0.15) is 0 Å². The van der Waals surface area contributed by atoms with Crippen molar-refractivity contribution in [2.24, 2.45) is 11.7 Å². The van der Waals surface area contributed by atoms with Gasteiger partial charge in [0.15, 0.2) is 0 Å². The molecule has 0 aromatic heterocycles. The number of amides is 1. The molecule has 1 saturated carbocycles. The summed E-state index contributed by atoms with van der Waals surface area (Å²) in [5, 5.41) is 12.8. The smallest absolute Gasteiger partial charge is 0.244 e. The van der Waals surface area contributed by atoms with E-state index < -0.39 is 5.54 Å². The van der Waals surface area contributed by atoms with Gasteiger partial charge in [-0.15, -0.1) is 0 Å². The highest BCUT2D eigenvalue weighted by molar-refractivity contribution is 5.86. The Balaban J connectivity index is 1.94. The van der Waals surface area contributed by atoms with E-state index in [1.807, 2.05) is 30.3 Å². The number of aliphatic hydroxyl groups excluding tert-OH is 1. The number of aliphatic hydroxyl groups is 1. The molecule has 4 N–H and O–H groups in total. The standard InChI is InChI=1S/C16H24N2O2/c1-16(17,13-8-3-2-4-9-13)15(20)18-11-12-7-5-6-10-14(12)19/h2-4,8-9,12,14,19H,5-7,10-11,17H2,1H3,(H,18,20). The Kier molecular flexibility index (Phi) is 4.78. The number of hydrogen-bond donors (Lipinski definition) is 3. The predicted molar refractivity (Wildman–Crippen MR) is 79.0 cm³/mol. The summed E-state index contributed by atoms with van der Waals surface area (Å²) in [5.41, 5.74) is 5.91. The van der Waals surface area contributed by atoms with Gasteiger partial charge in [-0.1, -0.05) is 43.2 Å². The molecule has 1 fully saturated rings. The number of carbonyl (C=O) groups excluding carboxylic acids is 1. The Hall–Kier alpha value is -1.39. The van der Waals surface area contributed by atoms with Crippen molar-refractivity contribution < 1.29 is 9.90 Å². The fourth-order valence-electron chi connectivity index (χ4n) is 2.75. The largest absolute Gasteiger partial charge is 0.393 e. The average Bonchev–Trinajstić information content (AvgIpc) is 2.47. The molecular formula is C16H24N2O2. The van der Waals surface area contributed by atoms with E-state index in [0.29, 0.717) is 6.54 Å². The van der Waals surface area contributed by atoms with Crippen molar-refractivity contribution in [3.8, 4) is 0 Å². The summed E-state index contributed by atoms with van der Waals surface area (Å²) < 4.78 is 0. The number of rotatable bonds is 4. The molecule has 110 valence electrons. The van der Waals surface area contributed by atoms with Crippen LogP contribution < -0.4 is 11.1 Å². The van der Waals surface area contributed by atoms with Gasteiger partial charge in [0, 0.05) is 12.5 Å². The molecule has 1 amide bonds. The quantitative estimate of drug-likeness (QED) is 0.780. The minimum atomic E-state index is -1.04. The van der Waals surface area contributed by atoms with Gasteiger partial charge in [0.1, 0.15) is 5.54 Å². The average molecular weight is 276 g/mol. The normalized spacial score (nSPS) is 25.8. The molecule has 4 heteroatoms. The second-order valence-corrected chi connectivity index (χ2v) is 5.89. The highest BCUT2D eigenvalue weighted by Gasteiger charge is 2.31. The van der Waals surface area contributed by atoms with Crippen molar-refractivity contribution in [2.45, 2.75) is 44.2 Å². The topological polar surface area (TPSA) is 75.4 Å². The van der Waals surface area contributed by atoms with Crippen LogP contribution in [0.2, 0.25) is 0 Å². The number of nitrogens with two attached hydrogens (primary N) is 1. The van der Waals surface area contributed by atoms with E-state index in [1.165, 1.54) is 0 Å². The second kappa shape index (κ2) is 6.37. The molecule has 0 heterocycles. The fourth-order valence-corrected chi connectivity index (χ4v) is 2.75. The summed E-state index contributed by atoms with van der Waals surface area (Å²) >= 11 is 0.